The van der Waals surface area contributed by atoms with Gasteiger partial charge < -0.3 is 5.73 Å². The van der Waals surface area contributed by atoms with E-state index in [2.05, 4.69) is 32.3 Å². The molecule has 82 valence electrons. The van der Waals surface area contributed by atoms with Gasteiger partial charge in [-0.3, -0.25) is 4.90 Å². The Balaban J connectivity index is 2.50. The monoisotopic (exact) mass is 196 g/mol. The highest BCUT2D eigenvalue weighted by Crippen LogP contribution is 2.22. The molecule has 14 heavy (non-hydrogen) atoms. The zero-order valence-corrected chi connectivity index (χ0v) is 9.79. The molecule has 0 aromatic carbocycles. The summed E-state index contributed by atoms with van der Waals surface area (Å²) >= 11 is 0. The third-order valence-electron chi connectivity index (χ3n) is 3.69. The maximum Gasteiger partial charge on any atom is 0.0193 e. The number of hydrogen-bond donors (Lipinski definition) is 1. The topological polar surface area (TPSA) is 29.3 Å². The van der Waals surface area contributed by atoms with Crippen LogP contribution >= 0.6 is 0 Å². The first kappa shape index (κ1) is 11.7. The Labute approximate surface area is 88.2 Å². The van der Waals surface area contributed by atoms with E-state index >= 15 is 0 Å². The zero-order chi connectivity index (χ0) is 10.7. The molecule has 0 spiro atoms. The minimum absolute atomic E-state index is 0.385. The molecule has 3 unspecified atom stereocenters. The van der Waals surface area contributed by atoms with Crippen LogP contribution in [-0.4, -0.2) is 30.1 Å². The molecular weight excluding hydrogens is 172 g/mol. The van der Waals surface area contributed by atoms with Crippen LogP contribution in [0.15, 0.2) is 12.2 Å². The predicted molar refractivity (Wildman–Crippen MR) is 62.2 cm³/mol. The number of piperidine rings is 1. The third kappa shape index (κ3) is 2.58. The fraction of sp³-hybridized carbons (Fsp3) is 0.833. The van der Waals surface area contributed by atoms with E-state index in [1.165, 1.54) is 5.57 Å². The fourth-order valence-electron chi connectivity index (χ4n) is 2.09. The Kier molecular flexibility index (Phi) is 4.14. The maximum atomic E-state index is 6.05. The Bertz CT molecular complexity index is 200. The first-order valence-electron chi connectivity index (χ1n) is 5.72. The summed E-state index contributed by atoms with van der Waals surface area (Å²) in [5, 5.41) is 0. The Hall–Kier alpha value is -0.340. The van der Waals surface area contributed by atoms with Gasteiger partial charge in [0.15, 0.2) is 0 Å². The van der Waals surface area contributed by atoms with E-state index < -0.39 is 0 Å². The Morgan fingerprint density at radius 3 is 2.71 bits per heavy atom. The van der Waals surface area contributed by atoms with Crippen LogP contribution in [0.5, 0.6) is 0 Å². The summed E-state index contributed by atoms with van der Waals surface area (Å²) in [7, 11) is 0. The molecule has 1 aliphatic heterocycles. The second kappa shape index (κ2) is 4.94. The van der Waals surface area contributed by atoms with Gasteiger partial charge in [0.1, 0.15) is 0 Å². The van der Waals surface area contributed by atoms with Gasteiger partial charge in [-0.1, -0.05) is 26.0 Å². The van der Waals surface area contributed by atoms with Gasteiger partial charge in [-0.25, -0.2) is 0 Å². The number of hydrogen-bond acceptors (Lipinski definition) is 2. The number of nitrogens with zero attached hydrogens (tertiary/aromatic N) is 1. The first-order valence-corrected chi connectivity index (χ1v) is 5.72. The van der Waals surface area contributed by atoms with E-state index in [0.717, 1.165) is 25.9 Å². The molecule has 1 saturated heterocycles. The quantitative estimate of drug-likeness (QED) is 0.700. The molecule has 2 heteroatoms. The van der Waals surface area contributed by atoms with Gasteiger partial charge in [-0.2, -0.15) is 0 Å². The largest absolute Gasteiger partial charge is 0.327 e. The highest BCUT2D eigenvalue weighted by molar-refractivity contribution is 4.99. The van der Waals surface area contributed by atoms with Gasteiger partial charge in [0.05, 0.1) is 0 Å². The molecule has 1 heterocycles. The SMILES string of the molecule is C=C(CC)CN1CCC(N)C(C)C1C. The molecule has 0 aliphatic carbocycles. The third-order valence-corrected chi connectivity index (χ3v) is 3.69. The Morgan fingerprint density at radius 1 is 1.50 bits per heavy atom. The van der Waals surface area contributed by atoms with Gasteiger partial charge in [0.2, 0.25) is 0 Å². The second-order valence-corrected chi connectivity index (χ2v) is 4.63. The van der Waals surface area contributed by atoms with Crippen molar-refractivity contribution in [3.8, 4) is 0 Å². The van der Waals surface area contributed by atoms with Crippen LogP contribution in [-0.2, 0) is 0 Å². The second-order valence-electron chi connectivity index (χ2n) is 4.63. The molecule has 0 saturated carbocycles. The van der Waals surface area contributed by atoms with Crippen molar-refractivity contribution in [2.75, 3.05) is 13.1 Å². The van der Waals surface area contributed by atoms with Crippen molar-refractivity contribution in [1.29, 1.82) is 0 Å². The number of rotatable bonds is 3. The van der Waals surface area contributed by atoms with Gasteiger partial charge in [0.25, 0.3) is 0 Å². The van der Waals surface area contributed by atoms with Crippen molar-refractivity contribution in [3.63, 3.8) is 0 Å². The molecule has 1 aliphatic rings. The van der Waals surface area contributed by atoms with Crippen molar-refractivity contribution < 1.29 is 0 Å². The van der Waals surface area contributed by atoms with E-state index in [9.17, 15) is 0 Å². The molecular formula is C12H24N2. The van der Waals surface area contributed by atoms with Crippen LogP contribution in [0.2, 0.25) is 0 Å². The predicted octanol–water partition coefficient (Wildman–Crippen LogP) is 2.01. The van der Waals surface area contributed by atoms with Gasteiger partial charge in [-0.15, -0.1) is 0 Å². The van der Waals surface area contributed by atoms with Gasteiger partial charge in [0, 0.05) is 25.2 Å². The zero-order valence-electron chi connectivity index (χ0n) is 9.79. The summed E-state index contributed by atoms with van der Waals surface area (Å²) in [6.07, 6.45) is 2.21. The van der Waals surface area contributed by atoms with E-state index in [1.807, 2.05) is 0 Å². The fourth-order valence-corrected chi connectivity index (χ4v) is 2.09. The van der Waals surface area contributed by atoms with E-state index in [4.69, 9.17) is 5.73 Å². The Morgan fingerprint density at radius 2 is 2.14 bits per heavy atom. The van der Waals surface area contributed by atoms with Crippen molar-refractivity contribution >= 4 is 0 Å². The summed E-state index contributed by atoms with van der Waals surface area (Å²) < 4.78 is 0. The minimum Gasteiger partial charge on any atom is -0.327 e. The van der Waals surface area contributed by atoms with Crippen LogP contribution in [0.25, 0.3) is 0 Å². The van der Waals surface area contributed by atoms with E-state index in [1.54, 1.807) is 0 Å². The van der Waals surface area contributed by atoms with Crippen molar-refractivity contribution in [2.24, 2.45) is 11.7 Å². The van der Waals surface area contributed by atoms with Crippen LogP contribution in [0.1, 0.15) is 33.6 Å². The van der Waals surface area contributed by atoms with Crippen LogP contribution in [0.3, 0.4) is 0 Å². The lowest BCUT2D eigenvalue weighted by molar-refractivity contribution is 0.107. The molecule has 3 atom stereocenters. The summed E-state index contributed by atoms with van der Waals surface area (Å²) in [6, 6.07) is 0.984. The molecule has 2 nitrogen and oxygen atoms in total. The summed E-state index contributed by atoms with van der Waals surface area (Å²) in [5.74, 6) is 0.605. The lowest BCUT2D eigenvalue weighted by Crippen LogP contribution is -2.52. The van der Waals surface area contributed by atoms with Crippen molar-refractivity contribution in [1.82, 2.24) is 4.90 Å². The standard InChI is InChI=1S/C12H24N2/c1-5-9(2)8-14-7-6-12(13)10(3)11(14)4/h10-12H,2,5-8,13H2,1,3-4H3. The smallest absolute Gasteiger partial charge is 0.0193 e. The minimum atomic E-state index is 0.385. The average molecular weight is 196 g/mol. The van der Waals surface area contributed by atoms with E-state index in [0.29, 0.717) is 18.0 Å². The summed E-state index contributed by atoms with van der Waals surface area (Å²) in [4.78, 5) is 2.51. The average Bonchev–Trinajstić information content (AvgIpc) is 2.19. The molecule has 1 fully saturated rings. The normalized spacial score (nSPS) is 34.4. The first-order chi connectivity index (χ1) is 6.56. The summed E-state index contributed by atoms with van der Waals surface area (Å²) in [6.45, 7) is 13.0. The molecule has 0 aromatic rings. The molecule has 0 aromatic heterocycles. The van der Waals surface area contributed by atoms with Crippen LogP contribution in [0, 0.1) is 5.92 Å². The maximum absolute atomic E-state index is 6.05. The van der Waals surface area contributed by atoms with Crippen molar-refractivity contribution in [2.45, 2.75) is 45.7 Å². The van der Waals surface area contributed by atoms with Crippen LogP contribution < -0.4 is 5.73 Å². The number of nitrogens with two attached hydrogens (primary N) is 1. The number of likely N-dealkylation sites (tertiary alicyclic amines) is 1. The van der Waals surface area contributed by atoms with Crippen molar-refractivity contribution in [3.05, 3.63) is 12.2 Å². The molecule has 0 bridgehead atoms. The highest BCUT2D eigenvalue weighted by Gasteiger charge is 2.29. The lowest BCUT2D eigenvalue weighted by Gasteiger charge is -2.41. The van der Waals surface area contributed by atoms with Gasteiger partial charge in [-0.05, 0) is 25.7 Å². The van der Waals surface area contributed by atoms with Crippen LogP contribution in [0.4, 0.5) is 0 Å². The van der Waals surface area contributed by atoms with E-state index in [-0.39, 0.29) is 0 Å². The molecule has 2 N–H and O–H groups in total. The lowest BCUT2D eigenvalue weighted by atomic mass is 9.87. The molecule has 0 amide bonds. The molecule has 0 radical (unpaired) electrons. The van der Waals surface area contributed by atoms with Gasteiger partial charge >= 0.3 is 0 Å². The highest BCUT2D eigenvalue weighted by atomic mass is 15.2. The molecule has 1 rings (SSSR count). The summed E-state index contributed by atoms with van der Waals surface area (Å²) in [5.41, 5.74) is 7.38.